The Morgan fingerprint density at radius 1 is 1.02 bits per heavy atom. The number of nitrogens with zero attached hydrogens (tertiary/aromatic N) is 3. The molecule has 9 nitrogen and oxygen atoms in total. The van der Waals surface area contributed by atoms with Crippen LogP contribution in [0, 0.1) is 17.1 Å². The summed E-state index contributed by atoms with van der Waals surface area (Å²) in [6.07, 6.45) is -6.46. The van der Waals surface area contributed by atoms with Crippen molar-refractivity contribution in [2.75, 3.05) is 22.9 Å². The van der Waals surface area contributed by atoms with Gasteiger partial charge in [-0.15, -0.1) is 0 Å². The molecule has 17 heteroatoms. The van der Waals surface area contributed by atoms with Gasteiger partial charge in [0.15, 0.2) is 5.11 Å². The standard InChI is InChI=1S/C26H27F4N5O2S.C2HF3O2/c1-25(2)23(37)34(17-8-7-16(15-32)20(13-17)26(28,29)30)24(38)35(25)18-9-10-19(21(27)14-18)22(36)33-12-6-4-3-5-11-31;3-2(4,5)1(6)7/h7-10,13-14H,3-6,11-12,31H2,1-2H3,(H,33,36);(H,6,7). The highest BCUT2D eigenvalue weighted by molar-refractivity contribution is 7.81. The van der Waals surface area contributed by atoms with Gasteiger partial charge in [0, 0.05) is 12.2 Å². The van der Waals surface area contributed by atoms with Gasteiger partial charge in [0.05, 0.1) is 28.4 Å². The highest BCUT2D eigenvalue weighted by Gasteiger charge is 2.51. The van der Waals surface area contributed by atoms with Crippen LogP contribution in [-0.4, -0.2) is 52.8 Å². The molecule has 1 saturated heterocycles. The number of benzene rings is 2. The minimum atomic E-state index is -5.08. The van der Waals surface area contributed by atoms with Crippen LogP contribution in [0.4, 0.5) is 42.1 Å². The van der Waals surface area contributed by atoms with Crippen LogP contribution in [0.2, 0.25) is 0 Å². The SMILES string of the molecule is CC1(C)C(=O)N(c2ccc(C#N)c(C(F)(F)F)c2)C(=S)N1c1ccc(C(=O)NCCCCCCN)c(F)c1.O=C(O)C(F)(F)F. The summed E-state index contributed by atoms with van der Waals surface area (Å²) in [4.78, 5) is 36.9. The van der Waals surface area contributed by atoms with Gasteiger partial charge in [-0.05, 0) is 81.8 Å². The van der Waals surface area contributed by atoms with Gasteiger partial charge in [-0.3, -0.25) is 14.5 Å². The second-order valence-electron chi connectivity index (χ2n) is 10.1. The van der Waals surface area contributed by atoms with Crippen molar-refractivity contribution in [1.82, 2.24) is 5.32 Å². The first-order valence-corrected chi connectivity index (χ1v) is 13.6. The number of hydrogen-bond donors (Lipinski definition) is 3. The fourth-order valence-electron chi connectivity index (χ4n) is 4.21. The Bertz CT molecular complexity index is 1490. The molecule has 0 aliphatic carbocycles. The van der Waals surface area contributed by atoms with E-state index in [9.17, 15) is 40.3 Å². The first kappa shape index (κ1) is 36.9. The van der Waals surface area contributed by atoms with E-state index >= 15 is 0 Å². The molecular formula is C28H28F7N5O4S. The predicted octanol–water partition coefficient (Wildman–Crippen LogP) is 5.52. The maximum absolute atomic E-state index is 15.0. The summed E-state index contributed by atoms with van der Waals surface area (Å²) in [6, 6.07) is 8.09. The molecule has 0 aromatic heterocycles. The minimum absolute atomic E-state index is 0.149. The Kier molecular flexibility index (Phi) is 12.0. The summed E-state index contributed by atoms with van der Waals surface area (Å²) in [5, 5.41) is 18.7. The normalized spacial score (nSPS) is 14.5. The van der Waals surface area contributed by atoms with Gasteiger partial charge in [-0.1, -0.05) is 12.8 Å². The third-order valence-corrected chi connectivity index (χ3v) is 6.83. The Morgan fingerprint density at radius 3 is 2.11 bits per heavy atom. The van der Waals surface area contributed by atoms with E-state index in [4.69, 9.17) is 33.1 Å². The van der Waals surface area contributed by atoms with Crippen LogP contribution in [0.5, 0.6) is 0 Å². The number of anilines is 2. The van der Waals surface area contributed by atoms with E-state index in [-0.39, 0.29) is 22.1 Å². The number of carbonyl (C=O) groups is 3. The summed E-state index contributed by atoms with van der Waals surface area (Å²) in [5.41, 5.74) is 2.05. The van der Waals surface area contributed by atoms with E-state index in [0.717, 1.165) is 42.7 Å². The number of hydrogen-bond acceptors (Lipinski definition) is 6. The van der Waals surface area contributed by atoms with Crippen molar-refractivity contribution >= 4 is 46.5 Å². The van der Waals surface area contributed by atoms with Gasteiger partial charge >= 0.3 is 18.3 Å². The lowest BCUT2D eigenvalue weighted by Crippen LogP contribution is -2.44. The predicted molar refractivity (Wildman–Crippen MR) is 153 cm³/mol. The van der Waals surface area contributed by atoms with Crippen LogP contribution in [0.15, 0.2) is 36.4 Å². The molecule has 1 fully saturated rings. The average molecular weight is 664 g/mol. The third kappa shape index (κ3) is 8.88. The van der Waals surface area contributed by atoms with E-state index in [1.54, 1.807) is 0 Å². The van der Waals surface area contributed by atoms with Crippen LogP contribution in [0.1, 0.15) is 61.0 Å². The monoisotopic (exact) mass is 663 g/mol. The molecule has 0 radical (unpaired) electrons. The molecule has 0 unspecified atom stereocenters. The number of aliphatic carboxylic acids is 1. The molecule has 3 rings (SSSR count). The lowest BCUT2D eigenvalue weighted by atomic mass is 10.0. The lowest BCUT2D eigenvalue weighted by Gasteiger charge is -2.29. The van der Waals surface area contributed by atoms with Crippen molar-refractivity contribution in [2.24, 2.45) is 5.73 Å². The summed E-state index contributed by atoms with van der Waals surface area (Å²) in [7, 11) is 0. The van der Waals surface area contributed by atoms with E-state index in [1.165, 1.54) is 43.0 Å². The molecule has 0 atom stereocenters. The van der Waals surface area contributed by atoms with E-state index in [1.807, 2.05) is 0 Å². The Balaban J connectivity index is 0.000000900. The first-order chi connectivity index (χ1) is 20.8. The number of unbranched alkanes of at least 4 members (excludes halogenated alkanes) is 3. The smallest absolute Gasteiger partial charge is 0.475 e. The maximum Gasteiger partial charge on any atom is 0.490 e. The Labute approximate surface area is 258 Å². The summed E-state index contributed by atoms with van der Waals surface area (Å²) in [5.74, 6) is -4.83. The van der Waals surface area contributed by atoms with Crippen LogP contribution >= 0.6 is 12.2 Å². The molecule has 45 heavy (non-hydrogen) atoms. The van der Waals surface area contributed by atoms with Gasteiger partial charge in [-0.2, -0.15) is 31.6 Å². The molecule has 2 amide bonds. The van der Waals surface area contributed by atoms with Gasteiger partial charge in [-0.25, -0.2) is 9.18 Å². The number of nitrogens with two attached hydrogens (primary N) is 1. The van der Waals surface area contributed by atoms with Crippen molar-refractivity contribution in [3.63, 3.8) is 0 Å². The fraction of sp³-hybridized carbons (Fsp3) is 0.393. The second kappa shape index (κ2) is 14.7. The quantitative estimate of drug-likeness (QED) is 0.181. The number of amides is 2. The zero-order valence-corrected chi connectivity index (χ0v) is 24.7. The molecule has 4 N–H and O–H groups in total. The molecule has 2 aromatic carbocycles. The maximum atomic E-state index is 15.0. The summed E-state index contributed by atoms with van der Waals surface area (Å²) >= 11 is 5.45. The third-order valence-electron chi connectivity index (χ3n) is 6.47. The molecule has 0 bridgehead atoms. The molecule has 0 spiro atoms. The number of halogens is 7. The minimum Gasteiger partial charge on any atom is -0.475 e. The molecule has 0 saturated carbocycles. The van der Waals surface area contributed by atoms with Crippen molar-refractivity contribution in [3.8, 4) is 6.07 Å². The molecule has 1 heterocycles. The molecule has 244 valence electrons. The number of nitriles is 1. The second-order valence-corrected chi connectivity index (χ2v) is 10.4. The van der Waals surface area contributed by atoms with Crippen molar-refractivity contribution in [1.29, 1.82) is 5.26 Å². The highest BCUT2D eigenvalue weighted by atomic mass is 32.1. The fourth-order valence-corrected chi connectivity index (χ4v) is 4.73. The lowest BCUT2D eigenvalue weighted by molar-refractivity contribution is -0.192. The number of carbonyl (C=O) groups excluding carboxylic acids is 2. The zero-order valence-electron chi connectivity index (χ0n) is 23.9. The molecule has 1 aliphatic rings. The summed E-state index contributed by atoms with van der Waals surface area (Å²) < 4.78 is 87.3. The van der Waals surface area contributed by atoms with Gasteiger partial charge < -0.3 is 21.1 Å². The van der Waals surface area contributed by atoms with Crippen molar-refractivity contribution in [2.45, 2.75) is 57.4 Å². The van der Waals surface area contributed by atoms with Crippen LogP contribution in [0.3, 0.4) is 0 Å². The number of rotatable bonds is 9. The van der Waals surface area contributed by atoms with Gasteiger partial charge in [0.25, 0.3) is 11.8 Å². The number of carboxylic acids is 1. The van der Waals surface area contributed by atoms with E-state index in [2.05, 4.69) is 5.32 Å². The first-order valence-electron chi connectivity index (χ1n) is 13.2. The van der Waals surface area contributed by atoms with Crippen LogP contribution < -0.4 is 20.9 Å². The molecule has 1 aliphatic heterocycles. The number of nitrogens with one attached hydrogen (secondary N) is 1. The Hall–Kier alpha value is -4.30. The number of thiocarbonyl (C=S) groups is 1. The van der Waals surface area contributed by atoms with E-state index in [0.29, 0.717) is 19.2 Å². The molecule has 2 aromatic rings. The number of carboxylic acid groups (broad SMARTS) is 1. The Morgan fingerprint density at radius 2 is 1.60 bits per heavy atom. The highest BCUT2D eigenvalue weighted by Crippen LogP contribution is 2.40. The van der Waals surface area contributed by atoms with Crippen LogP contribution in [-0.2, 0) is 15.8 Å². The summed E-state index contributed by atoms with van der Waals surface area (Å²) in [6.45, 7) is 3.98. The van der Waals surface area contributed by atoms with Crippen LogP contribution in [0.25, 0.3) is 0 Å². The van der Waals surface area contributed by atoms with Gasteiger partial charge in [0.2, 0.25) is 0 Å². The van der Waals surface area contributed by atoms with Crippen molar-refractivity contribution in [3.05, 3.63) is 58.9 Å². The number of alkyl halides is 6. The largest absolute Gasteiger partial charge is 0.490 e. The van der Waals surface area contributed by atoms with Crippen molar-refractivity contribution < 1.29 is 50.2 Å². The zero-order chi connectivity index (χ0) is 34.3. The van der Waals surface area contributed by atoms with E-state index < -0.39 is 52.6 Å². The average Bonchev–Trinajstić information content (AvgIpc) is 3.12. The topological polar surface area (TPSA) is 140 Å². The molecular weight excluding hydrogens is 635 g/mol. The van der Waals surface area contributed by atoms with Gasteiger partial charge in [0.1, 0.15) is 11.4 Å².